The molecule has 0 aromatic heterocycles. The quantitative estimate of drug-likeness (QED) is 0.395. The number of nitrogens with zero attached hydrogens (tertiary/aromatic N) is 1. The molecule has 1 heterocycles. The van der Waals surface area contributed by atoms with Crippen molar-refractivity contribution in [1.82, 2.24) is 10.2 Å². The maximum atomic E-state index is 12.6. The van der Waals surface area contributed by atoms with Gasteiger partial charge in [0, 0.05) is 48.5 Å². The lowest BCUT2D eigenvalue weighted by atomic mass is 9.74. The number of rotatable bonds is 7. The molecule has 37 heavy (non-hydrogen) atoms. The highest BCUT2D eigenvalue weighted by Gasteiger charge is 2.53. The molecular formula is C31H34Cl2N2O2. The summed E-state index contributed by atoms with van der Waals surface area (Å²) >= 11 is 6.48. The molecule has 4 nitrogen and oxygen atoms in total. The zero-order valence-corrected chi connectivity index (χ0v) is 22.8. The molecule has 2 bridgehead atoms. The first kappa shape index (κ1) is 26.1. The van der Waals surface area contributed by atoms with Gasteiger partial charge in [0.05, 0.1) is 7.11 Å². The maximum absolute atomic E-state index is 12.6. The fourth-order valence-electron chi connectivity index (χ4n) is 6.79. The van der Waals surface area contributed by atoms with Gasteiger partial charge in [-0.25, -0.2) is 0 Å². The van der Waals surface area contributed by atoms with Crippen LogP contribution in [-0.4, -0.2) is 43.6 Å². The summed E-state index contributed by atoms with van der Waals surface area (Å²) in [5, 5.41) is 4.12. The van der Waals surface area contributed by atoms with Crippen LogP contribution in [0.3, 0.4) is 0 Å². The fourth-order valence-corrected chi connectivity index (χ4v) is 6.96. The van der Waals surface area contributed by atoms with Gasteiger partial charge in [0.25, 0.3) is 0 Å². The molecule has 6 rings (SSSR count). The van der Waals surface area contributed by atoms with Crippen LogP contribution in [0.25, 0.3) is 0 Å². The Hall–Kier alpha value is -2.53. The smallest absolute Gasteiger partial charge is 0.220 e. The third-order valence-electron chi connectivity index (χ3n) is 8.56. The normalized spacial score (nSPS) is 22.2. The third kappa shape index (κ3) is 4.87. The van der Waals surface area contributed by atoms with Gasteiger partial charge in [-0.3, -0.25) is 4.79 Å². The van der Waals surface area contributed by atoms with Gasteiger partial charge in [0.15, 0.2) is 0 Å². The topological polar surface area (TPSA) is 41.6 Å². The number of carbonyl (C=O) groups is 1. The van der Waals surface area contributed by atoms with Crippen LogP contribution in [0.5, 0.6) is 5.75 Å². The summed E-state index contributed by atoms with van der Waals surface area (Å²) in [7, 11) is 1.67. The van der Waals surface area contributed by atoms with Crippen LogP contribution in [0, 0.1) is 0 Å². The van der Waals surface area contributed by atoms with Gasteiger partial charge < -0.3 is 15.0 Å². The second kappa shape index (κ2) is 10.7. The molecule has 2 aliphatic carbocycles. The molecule has 1 amide bonds. The van der Waals surface area contributed by atoms with Crippen molar-refractivity contribution in [2.24, 2.45) is 0 Å². The van der Waals surface area contributed by atoms with E-state index in [0.717, 1.165) is 61.7 Å². The lowest BCUT2D eigenvalue weighted by Gasteiger charge is -2.40. The molecule has 0 saturated carbocycles. The second-order valence-corrected chi connectivity index (χ2v) is 11.1. The number of carbonyl (C=O) groups excluding carboxylic acids is 1. The van der Waals surface area contributed by atoms with Gasteiger partial charge in [-0.1, -0.05) is 54.1 Å². The number of halogens is 2. The summed E-state index contributed by atoms with van der Waals surface area (Å²) in [5.74, 6) is 1.47. The summed E-state index contributed by atoms with van der Waals surface area (Å²) in [5.41, 5.74) is 7.04. The Labute approximate surface area is 230 Å². The Balaban J connectivity index is 0.00000280. The molecule has 1 saturated heterocycles. The van der Waals surface area contributed by atoms with Gasteiger partial charge in [0.2, 0.25) is 5.91 Å². The van der Waals surface area contributed by atoms with E-state index >= 15 is 0 Å². The molecule has 194 valence electrons. The predicted molar refractivity (Wildman–Crippen MR) is 151 cm³/mol. The van der Waals surface area contributed by atoms with Gasteiger partial charge in [0.1, 0.15) is 5.75 Å². The van der Waals surface area contributed by atoms with Gasteiger partial charge >= 0.3 is 0 Å². The minimum atomic E-state index is 0. The highest BCUT2D eigenvalue weighted by molar-refractivity contribution is 6.30. The predicted octanol–water partition coefficient (Wildman–Crippen LogP) is 6.12. The number of piperidine rings is 1. The van der Waals surface area contributed by atoms with Crippen molar-refractivity contribution in [3.63, 3.8) is 0 Å². The van der Waals surface area contributed by atoms with Crippen molar-refractivity contribution in [3.8, 4) is 5.75 Å². The van der Waals surface area contributed by atoms with E-state index in [4.69, 9.17) is 16.3 Å². The lowest BCUT2D eigenvalue weighted by Crippen LogP contribution is -2.48. The fraction of sp³-hybridized carbons (Fsp3) is 0.387. The summed E-state index contributed by atoms with van der Waals surface area (Å²) in [6.45, 7) is 3.04. The number of amides is 1. The third-order valence-corrected chi connectivity index (χ3v) is 8.79. The van der Waals surface area contributed by atoms with Crippen LogP contribution in [0.15, 0.2) is 66.7 Å². The Bertz CT molecular complexity index is 1270. The van der Waals surface area contributed by atoms with E-state index in [1.807, 2.05) is 30.3 Å². The van der Waals surface area contributed by atoms with E-state index in [2.05, 4.69) is 46.6 Å². The minimum Gasteiger partial charge on any atom is -0.497 e. The largest absolute Gasteiger partial charge is 0.497 e. The van der Waals surface area contributed by atoms with Crippen molar-refractivity contribution in [2.75, 3.05) is 26.7 Å². The zero-order chi connectivity index (χ0) is 24.7. The Kier molecular flexibility index (Phi) is 7.53. The van der Waals surface area contributed by atoms with Crippen molar-refractivity contribution in [1.29, 1.82) is 0 Å². The monoisotopic (exact) mass is 536 g/mol. The SMILES string of the molecule is COc1ccc(CCC(=O)NC2CCN(CC34CC(c5ccccc53)c3ccc(Cl)cc34)CC2)cc1.Cl. The molecule has 1 fully saturated rings. The number of nitrogens with one attached hydrogen (secondary N) is 1. The molecule has 1 N–H and O–H groups in total. The number of ether oxygens (including phenoxy) is 1. The minimum absolute atomic E-state index is 0. The molecule has 0 radical (unpaired) electrons. The molecule has 6 heteroatoms. The molecule has 1 aliphatic heterocycles. The number of likely N-dealkylation sites (tertiary alicyclic amines) is 1. The molecule has 3 aromatic rings. The summed E-state index contributed by atoms with van der Waals surface area (Å²) in [6.07, 6.45) is 4.41. The van der Waals surface area contributed by atoms with Crippen LogP contribution in [0.1, 0.15) is 59.4 Å². The molecule has 3 aliphatic rings. The molecule has 2 unspecified atom stereocenters. The average molecular weight is 538 g/mol. The standard InChI is InChI=1S/C31H33ClN2O2.ClH/c1-36-24-10-6-21(7-11-24)8-13-30(35)33-23-14-16-34(17-15-23)20-31-19-27(25-4-2-3-5-28(25)31)26-12-9-22(32)18-29(26)31;/h2-7,9-12,18,23,27H,8,13-17,19-20H2,1H3,(H,33,35);1H. The van der Waals surface area contributed by atoms with Crippen molar-refractivity contribution >= 4 is 29.9 Å². The first-order valence-electron chi connectivity index (χ1n) is 13.1. The summed E-state index contributed by atoms with van der Waals surface area (Å²) < 4.78 is 5.21. The summed E-state index contributed by atoms with van der Waals surface area (Å²) in [6, 6.07) is 23.7. The van der Waals surface area contributed by atoms with Crippen LogP contribution in [0.4, 0.5) is 0 Å². The number of methoxy groups -OCH3 is 1. The van der Waals surface area contributed by atoms with Crippen LogP contribution < -0.4 is 10.1 Å². The van der Waals surface area contributed by atoms with Gasteiger partial charge in [-0.15, -0.1) is 12.4 Å². The second-order valence-electron chi connectivity index (χ2n) is 10.6. The number of fused-ring (bicyclic) bond motifs is 8. The van der Waals surface area contributed by atoms with E-state index in [1.165, 1.54) is 22.3 Å². The maximum Gasteiger partial charge on any atom is 0.220 e. The summed E-state index contributed by atoms with van der Waals surface area (Å²) in [4.78, 5) is 15.2. The lowest BCUT2D eigenvalue weighted by molar-refractivity contribution is -0.122. The van der Waals surface area contributed by atoms with Crippen LogP contribution >= 0.6 is 24.0 Å². The van der Waals surface area contributed by atoms with E-state index in [0.29, 0.717) is 12.3 Å². The van der Waals surface area contributed by atoms with E-state index in [1.54, 1.807) is 7.11 Å². The van der Waals surface area contributed by atoms with E-state index in [-0.39, 0.29) is 29.8 Å². The molecular weight excluding hydrogens is 503 g/mol. The Morgan fingerprint density at radius 3 is 2.51 bits per heavy atom. The molecule has 0 spiro atoms. The van der Waals surface area contributed by atoms with Gasteiger partial charge in [-0.05, 0) is 77.8 Å². The Morgan fingerprint density at radius 1 is 1.03 bits per heavy atom. The Morgan fingerprint density at radius 2 is 1.76 bits per heavy atom. The number of hydrogen-bond acceptors (Lipinski definition) is 3. The van der Waals surface area contributed by atoms with E-state index < -0.39 is 0 Å². The van der Waals surface area contributed by atoms with Crippen LogP contribution in [-0.2, 0) is 16.6 Å². The average Bonchev–Trinajstić information content (AvgIpc) is 3.40. The van der Waals surface area contributed by atoms with Crippen molar-refractivity contribution in [2.45, 2.75) is 49.5 Å². The van der Waals surface area contributed by atoms with Gasteiger partial charge in [-0.2, -0.15) is 0 Å². The van der Waals surface area contributed by atoms with Crippen LogP contribution in [0.2, 0.25) is 5.02 Å². The van der Waals surface area contributed by atoms with Crippen molar-refractivity contribution in [3.05, 3.63) is 99.6 Å². The number of benzene rings is 3. The first-order chi connectivity index (χ1) is 17.6. The zero-order valence-electron chi connectivity index (χ0n) is 21.2. The number of hydrogen-bond donors (Lipinski definition) is 1. The van der Waals surface area contributed by atoms with Crippen molar-refractivity contribution < 1.29 is 9.53 Å². The number of aryl methyl sites for hydroxylation is 1. The highest BCUT2D eigenvalue weighted by Crippen LogP contribution is 2.60. The highest BCUT2D eigenvalue weighted by atomic mass is 35.5. The molecule has 3 aromatic carbocycles. The first-order valence-corrected chi connectivity index (χ1v) is 13.5. The van der Waals surface area contributed by atoms with E-state index in [9.17, 15) is 4.79 Å². The molecule has 2 atom stereocenters.